The average Bonchev–Trinajstić information content (AvgIpc) is 3.50. The topological polar surface area (TPSA) is 109 Å². The van der Waals surface area contributed by atoms with E-state index in [-0.39, 0.29) is 0 Å². The lowest BCUT2D eigenvalue weighted by atomic mass is 9.89. The first kappa shape index (κ1) is 20.1. The lowest BCUT2D eigenvalue weighted by Gasteiger charge is -2.31. The van der Waals surface area contributed by atoms with E-state index in [0.29, 0.717) is 41.2 Å². The van der Waals surface area contributed by atoms with Crippen LogP contribution in [-0.2, 0) is 6.54 Å². The maximum Gasteiger partial charge on any atom is 0.256 e. The number of anilines is 2. The Morgan fingerprint density at radius 3 is 2.78 bits per heavy atom. The molecule has 1 aromatic carbocycles. The van der Waals surface area contributed by atoms with Crippen molar-refractivity contribution in [2.24, 2.45) is 5.92 Å². The molecule has 1 fully saturated rings. The Morgan fingerprint density at radius 1 is 1.12 bits per heavy atom. The molecule has 4 aromatic rings. The van der Waals surface area contributed by atoms with E-state index in [2.05, 4.69) is 21.1 Å². The standard InChI is InChI=1S/C24H25N7O/c25-14-18-8-4-9-19(12-18)16-30(15-17-6-2-1-3-7-17)22-13-21(26)31-24(27-22)28-23(29-31)20-10-5-11-32-20/h4-5,8-13,17H,1-3,6-7,15-16,26H2. The number of furan rings is 1. The molecule has 0 spiro atoms. The molecule has 0 saturated heterocycles. The molecule has 32 heavy (non-hydrogen) atoms. The Labute approximate surface area is 186 Å². The predicted molar refractivity (Wildman–Crippen MR) is 122 cm³/mol. The molecule has 0 atom stereocenters. The first-order valence-corrected chi connectivity index (χ1v) is 11.0. The summed E-state index contributed by atoms with van der Waals surface area (Å²) in [5, 5.41) is 13.7. The van der Waals surface area contributed by atoms with Crippen LogP contribution in [-0.4, -0.2) is 26.1 Å². The minimum absolute atomic E-state index is 0.436. The van der Waals surface area contributed by atoms with Crippen LogP contribution < -0.4 is 10.6 Å². The molecule has 8 nitrogen and oxygen atoms in total. The summed E-state index contributed by atoms with van der Waals surface area (Å²) in [6.45, 7) is 1.53. The third kappa shape index (κ3) is 4.14. The van der Waals surface area contributed by atoms with E-state index in [4.69, 9.17) is 15.1 Å². The Balaban J connectivity index is 1.50. The van der Waals surface area contributed by atoms with Gasteiger partial charge in [-0.05, 0) is 48.6 Å². The summed E-state index contributed by atoms with van der Waals surface area (Å²) in [5.41, 5.74) is 8.08. The maximum atomic E-state index is 9.29. The molecule has 0 aliphatic heterocycles. The van der Waals surface area contributed by atoms with Crippen molar-refractivity contribution in [3.63, 3.8) is 0 Å². The van der Waals surface area contributed by atoms with Gasteiger partial charge in [-0.25, -0.2) is 0 Å². The van der Waals surface area contributed by atoms with Gasteiger partial charge in [0.2, 0.25) is 5.82 Å². The molecule has 0 amide bonds. The van der Waals surface area contributed by atoms with E-state index < -0.39 is 0 Å². The number of benzene rings is 1. The maximum absolute atomic E-state index is 9.29. The van der Waals surface area contributed by atoms with Crippen LogP contribution >= 0.6 is 0 Å². The zero-order valence-corrected chi connectivity index (χ0v) is 17.8. The summed E-state index contributed by atoms with van der Waals surface area (Å²) in [6.07, 6.45) is 7.89. The van der Waals surface area contributed by atoms with Crippen molar-refractivity contribution in [1.29, 1.82) is 5.26 Å². The second kappa shape index (κ2) is 8.71. The first-order chi connectivity index (χ1) is 15.7. The number of nitriles is 1. The van der Waals surface area contributed by atoms with E-state index in [1.54, 1.807) is 12.3 Å². The fourth-order valence-electron chi connectivity index (χ4n) is 4.43. The summed E-state index contributed by atoms with van der Waals surface area (Å²) >= 11 is 0. The lowest BCUT2D eigenvalue weighted by Crippen LogP contribution is -2.31. The fraction of sp³-hybridized carbons (Fsp3) is 0.333. The van der Waals surface area contributed by atoms with Crippen LogP contribution in [0.3, 0.4) is 0 Å². The molecule has 1 aliphatic rings. The van der Waals surface area contributed by atoms with Gasteiger partial charge in [-0.3, -0.25) is 0 Å². The summed E-state index contributed by atoms with van der Waals surface area (Å²) in [6, 6.07) is 15.4. The van der Waals surface area contributed by atoms with Gasteiger partial charge in [-0.1, -0.05) is 31.4 Å². The number of hydrogen-bond donors (Lipinski definition) is 1. The number of nitrogens with two attached hydrogens (primary N) is 1. The van der Waals surface area contributed by atoms with Crippen molar-refractivity contribution in [3.8, 4) is 17.7 Å². The number of aromatic nitrogens is 4. The minimum atomic E-state index is 0.436. The summed E-state index contributed by atoms with van der Waals surface area (Å²) in [4.78, 5) is 11.6. The largest absolute Gasteiger partial charge is 0.461 e. The molecule has 5 rings (SSSR count). The second-order valence-corrected chi connectivity index (χ2v) is 8.36. The van der Waals surface area contributed by atoms with Gasteiger partial charge in [-0.15, -0.1) is 5.10 Å². The van der Waals surface area contributed by atoms with Gasteiger partial charge in [0.15, 0.2) is 5.76 Å². The Kier molecular flexibility index (Phi) is 5.46. The van der Waals surface area contributed by atoms with Gasteiger partial charge in [0.05, 0.1) is 17.9 Å². The minimum Gasteiger partial charge on any atom is -0.461 e. The molecule has 0 radical (unpaired) electrons. The van der Waals surface area contributed by atoms with Gasteiger partial charge in [0, 0.05) is 19.2 Å². The van der Waals surface area contributed by atoms with Gasteiger partial charge >= 0.3 is 0 Å². The number of rotatable bonds is 6. The van der Waals surface area contributed by atoms with Crippen molar-refractivity contribution in [2.45, 2.75) is 38.6 Å². The number of hydrogen-bond acceptors (Lipinski definition) is 7. The Bertz CT molecular complexity index is 1250. The van der Waals surface area contributed by atoms with Gasteiger partial charge in [0.1, 0.15) is 11.6 Å². The molecule has 1 saturated carbocycles. The zero-order valence-electron chi connectivity index (χ0n) is 17.8. The second-order valence-electron chi connectivity index (χ2n) is 8.36. The zero-order chi connectivity index (χ0) is 21.9. The normalized spacial score (nSPS) is 14.5. The van der Waals surface area contributed by atoms with Crippen molar-refractivity contribution in [2.75, 3.05) is 17.2 Å². The highest BCUT2D eigenvalue weighted by Crippen LogP contribution is 2.28. The average molecular weight is 428 g/mol. The molecule has 162 valence electrons. The molecule has 3 heterocycles. The quantitative estimate of drug-likeness (QED) is 0.485. The number of fused-ring (bicyclic) bond motifs is 1. The molecule has 8 heteroatoms. The van der Waals surface area contributed by atoms with Gasteiger partial charge in [-0.2, -0.15) is 19.7 Å². The number of nitrogens with zero attached hydrogens (tertiary/aromatic N) is 6. The van der Waals surface area contributed by atoms with Crippen molar-refractivity contribution < 1.29 is 4.42 Å². The highest BCUT2D eigenvalue weighted by Gasteiger charge is 2.21. The summed E-state index contributed by atoms with van der Waals surface area (Å²) in [5.74, 6) is 3.30. The molecular formula is C24H25N7O. The van der Waals surface area contributed by atoms with Crippen molar-refractivity contribution >= 4 is 17.4 Å². The van der Waals surface area contributed by atoms with E-state index >= 15 is 0 Å². The third-order valence-electron chi connectivity index (χ3n) is 6.02. The van der Waals surface area contributed by atoms with Crippen LogP contribution in [0, 0.1) is 17.2 Å². The molecule has 1 aliphatic carbocycles. The Morgan fingerprint density at radius 2 is 2.00 bits per heavy atom. The highest BCUT2D eigenvalue weighted by molar-refractivity contribution is 5.57. The fourth-order valence-corrected chi connectivity index (χ4v) is 4.43. The highest BCUT2D eigenvalue weighted by atomic mass is 16.3. The van der Waals surface area contributed by atoms with Crippen LogP contribution in [0.2, 0.25) is 0 Å². The molecule has 2 N–H and O–H groups in total. The van der Waals surface area contributed by atoms with E-state index in [0.717, 1.165) is 17.9 Å². The lowest BCUT2D eigenvalue weighted by molar-refractivity contribution is 0.357. The van der Waals surface area contributed by atoms with E-state index in [1.807, 2.05) is 36.4 Å². The summed E-state index contributed by atoms with van der Waals surface area (Å²) in [7, 11) is 0. The van der Waals surface area contributed by atoms with Gasteiger partial charge < -0.3 is 15.1 Å². The summed E-state index contributed by atoms with van der Waals surface area (Å²) < 4.78 is 6.96. The predicted octanol–water partition coefficient (Wildman–Crippen LogP) is 4.43. The van der Waals surface area contributed by atoms with Crippen LogP contribution in [0.25, 0.3) is 17.4 Å². The van der Waals surface area contributed by atoms with E-state index in [1.165, 1.54) is 36.6 Å². The van der Waals surface area contributed by atoms with Crippen LogP contribution in [0.1, 0.15) is 43.2 Å². The van der Waals surface area contributed by atoms with Crippen LogP contribution in [0.15, 0.2) is 53.1 Å². The molecular weight excluding hydrogens is 402 g/mol. The van der Waals surface area contributed by atoms with Crippen molar-refractivity contribution in [3.05, 3.63) is 59.9 Å². The van der Waals surface area contributed by atoms with Crippen LogP contribution in [0.5, 0.6) is 0 Å². The smallest absolute Gasteiger partial charge is 0.256 e. The SMILES string of the molecule is N#Cc1cccc(CN(CC2CCCCC2)c2cc(N)n3nc(-c4ccco4)nc3n2)c1. The molecule has 0 unspecified atom stereocenters. The van der Waals surface area contributed by atoms with Crippen LogP contribution in [0.4, 0.5) is 11.6 Å². The monoisotopic (exact) mass is 427 g/mol. The van der Waals surface area contributed by atoms with E-state index in [9.17, 15) is 5.26 Å². The Hall–Kier alpha value is -3.86. The first-order valence-electron chi connectivity index (χ1n) is 11.0. The third-order valence-corrected chi connectivity index (χ3v) is 6.02. The van der Waals surface area contributed by atoms with Crippen molar-refractivity contribution in [1.82, 2.24) is 19.6 Å². The van der Waals surface area contributed by atoms with Gasteiger partial charge in [0.25, 0.3) is 5.78 Å². The molecule has 3 aromatic heterocycles. The number of nitrogen functional groups attached to an aromatic ring is 1. The molecule has 0 bridgehead atoms.